The molecule has 0 radical (unpaired) electrons. The molecule has 0 unspecified atom stereocenters. The van der Waals surface area contributed by atoms with Crippen LogP contribution in [0.1, 0.15) is 32.8 Å². The number of hydrogen-bond acceptors (Lipinski definition) is 4. The van der Waals surface area contributed by atoms with Crippen LogP contribution in [-0.2, 0) is 16.1 Å². The van der Waals surface area contributed by atoms with Crippen LogP contribution >= 0.6 is 11.8 Å². The van der Waals surface area contributed by atoms with Crippen molar-refractivity contribution in [2.24, 2.45) is 0 Å². The Morgan fingerprint density at radius 2 is 1.87 bits per heavy atom. The third-order valence-electron chi connectivity index (χ3n) is 2.93. The van der Waals surface area contributed by atoms with E-state index in [1.54, 1.807) is 32.5 Å². The van der Waals surface area contributed by atoms with Gasteiger partial charge in [-0.3, -0.25) is 4.79 Å². The lowest BCUT2D eigenvalue weighted by atomic mass is 10.2. The summed E-state index contributed by atoms with van der Waals surface area (Å²) >= 11 is 1.63. The van der Waals surface area contributed by atoms with Crippen molar-refractivity contribution in [1.29, 1.82) is 0 Å². The molecule has 0 bridgehead atoms. The Labute approximate surface area is 142 Å². The van der Waals surface area contributed by atoms with Gasteiger partial charge in [0.15, 0.2) is 0 Å². The monoisotopic (exact) mass is 338 g/mol. The number of rotatable bonds is 7. The summed E-state index contributed by atoms with van der Waals surface area (Å²) in [6, 6.07) is 9.06. The van der Waals surface area contributed by atoms with Crippen LogP contribution < -0.4 is 10.6 Å². The zero-order valence-electron chi connectivity index (χ0n) is 14.2. The third kappa shape index (κ3) is 8.50. The molecule has 1 rings (SSSR count). The van der Waals surface area contributed by atoms with E-state index >= 15 is 0 Å². The molecule has 1 atom stereocenters. The van der Waals surface area contributed by atoms with Gasteiger partial charge in [-0.2, -0.15) is 11.8 Å². The van der Waals surface area contributed by atoms with Crippen LogP contribution in [-0.4, -0.2) is 35.7 Å². The van der Waals surface area contributed by atoms with Crippen molar-refractivity contribution in [3.8, 4) is 0 Å². The molecule has 2 amide bonds. The van der Waals surface area contributed by atoms with Crippen molar-refractivity contribution >= 4 is 23.8 Å². The molecule has 6 heteroatoms. The number of ether oxygens (including phenoxy) is 1. The summed E-state index contributed by atoms with van der Waals surface area (Å²) in [7, 11) is 0. The van der Waals surface area contributed by atoms with E-state index in [0.717, 1.165) is 11.3 Å². The Morgan fingerprint density at radius 1 is 1.22 bits per heavy atom. The van der Waals surface area contributed by atoms with Gasteiger partial charge in [0.25, 0.3) is 0 Å². The highest BCUT2D eigenvalue weighted by atomic mass is 32.2. The molecule has 23 heavy (non-hydrogen) atoms. The van der Waals surface area contributed by atoms with Gasteiger partial charge in [-0.05, 0) is 44.8 Å². The minimum atomic E-state index is -0.596. The summed E-state index contributed by atoms with van der Waals surface area (Å²) in [5.74, 6) is 0.577. The fraction of sp³-hybridized carbons (Fsp3) is 0.529. The molecule has 0 spiro atoms. The first-order valence-electron chi connectivity index (χ1n) is 7.62. The lowest BCUT2D eigenvalue weighted by Gasteiger charge is -2.23. The molecule has 0 saturated carbocycles. The van der Waals surface area contributed by atoms with Gasteiger partial charge >= 0.3 is 6.09 Å². The Hall–Kier alpha value is -1.69. The normalized spacial score (nSPS) is 12.3. The maximum Gasteiger partial charge on any atom is 0.408 e. The van der Waals surface area contributed by atoms with E-state index in [9.17, 15) is 9.59 Å². The first-order valence-corrected chi connectivity index (χ1v) is 9.01. The molecule has 1 aromatic carbocycles. The Kier molecular flexibility index (Phi) is 7.95. The second-order valence-electron chi connectivity index (χ2n) is 6.18. The van der Waals surface area contributed by atoms with Gasteiger partial charge in [0.05, 0.1) is 0 Å². The number of thioether (sulfide) groups is 1. The zero-order valence-corrected chi connectivity index (χ0v) is 15.0. The van der Waals surface area contributed by atoms with Crippen molar-refractivity contribution in [2.75, 3.05) is 12.0 Å². The summed E-state index contributed by atoms with van der Waals surface area (Å²) < 4.78 is 5.22. The minimum Gasteiger partial charge on any atom is -0.444 e. The molecular formula is C17H26N2O3S. The highest BCUT2D eigenvalue weighted by Crippen LogP contribution is 2.08. The third-order valence-corrected chi connectivity index (χ3v) is 3.57. The van der Waals surface area contributed by atoms with E-state index in [1.807, 2.05) is 36.6 Å². The zero-order chi connectivity index (χ0) is 17.3. The topological polar surface area (TPSA) is 67.4 Å². The van der Waals surface area contributed by atoms with Crippen LogP contribution in [0.5, 0.6) is 0 Å². The molecule has 0 aromatic heterocycles. The number of alkyl carbamates (subject to hydrolysis) is 1. The minimum absolute atomic E-state index is 0.200. The number of nitrogens with one attached hydrogen (secondary N) is 2. The van der Waals surface area contributed by atoms with Gasteiger partial charge in [-0.1, -0.05) is 30.3 Å². The number of hydrogen-bond donors (Lipinski definition) is 2. The van der Waals surface area contributed by atoms with E-state index in [2.05, 4.69) is 10.6 Å². The summed E-state index contributed by atoms with van der Waals surface area (Å²) in [6.07, 6.45) is 1.95. The number of carbonyl (C=O) groups is 2. The molecule has 128 valence electrons. The van der Waals surface area contributed by atoms with E-state index < -0.39 is 17.7 Å². The summed E-state index contributed by atoms with van der Waals surface area (Å²) in [4.78, 5) is 24.2. The Bertz CT molecular complexity index is 500. The molecule has 0 fully saturated rings. The quantitative estimate of drug-likeness (QED) is 0.802. The SMILES string of the molecule is CSCC[C@@H](NC(=O)OC(C)(C)C)C(=O)NCc1ccccc1. The molecule has 1 aromatic rings. The second-order valence-corrected chi connectivity index (χ2v) is 7.17. The lowest BCUT2D eigenvalue weighted by molar-refractivity contribution is -0.123. The average molecular weight is 338 g/mol. The first kappa shape index (κ1) is 19.4. The van der Waals surface area contributed by atoms with Gasteiger partial charge in [-0.15, -0.1) is 0 Å². The van der Waals surface area contributed by atoms with Gasteiger partial charge < -0.3 is 15.4 Å². The van der Waals surface area contributed by atoms with Crippen LogP contribution in [0.2, 0.25) is 0 Å². The predicted molar refractivity (Wildman–Crippen MR) is 94.4 cm³/mol. The number of amides is 2. The van der Waals surface area contributed by atoms with Crippen molar-refractivity contribution in [3.63, 3.8) is 0 Å². The highest BCUT2D eigenvalue weighted by Gasteiger charge is 2.23. The number of carbonyl (C=O) groups excluding carboxylic acids is 2. The average Bonchev–Trinajstić information content (AvgIpc) is 2.48. The van der Waals surface area contributed by atoms with Crippen LogP contribution in [0.4, 0.5) is 4.79 Å². The van der Waals surface area contributed by atoms with E-state index in [0.29, 0.717) is 13.0 Å². The molecule has 0 saturated heterocycles. The summed E-state index contributed by atoms with van der Waals surface area (Å²) in [5, 5.41) is 5.52. The van der Waals surface area contributed by atoms with Crippen LogP contribution in [0.25, 0.3) is 0 Å². The standard InChI is InChI=1S/C17H26N2O3S/c1-17(2,3)22-16(21)19-14(10-11-23-4)15(20)18-12-13-8-6-5-7-9-13/h5-9,14H,10-12H2,1-4H3,(H,18,20)(H,19,21)/t14-/m1/s1. The van der Waals surface area contributed by atoms with Crippen molar-refractivity contribution in [2.45, 2.75) is 45.4 Å². The van der Waals surface area contributed by atoms with Gasteiger partial charge in [0.2, 0.25) is 5.91 Å². The fourth-order valence-electron chi connectivity index (χ4n) is 1.86. The molecule has 0 aliphatic heterocycles. The molecule has 0 heterocycles. The van der Waals surface area contributed by atoms with Crippen molar-refractivity contribution in [3.05, 3.63) is 35.9 Å². The Balaban J connectivity index is 2.57. The molecule has 5 nitrogen and oxygen atoms in total. The van der Waals surface area contributed by atoms with Crippen LogP contribution in [0.15, 0.2) is 30.3 Å². The summed E-state index contributed by atoms with van der Waals surface area (Å²) in [6.45, 7) is 5.81. The largest absolute Gasteiger partial charge is 0.444 e. The fourth-order valence-corrected chi connectivity index (χ4v) is 2.33. The van der Waals surface area contributed by atoms with E-state index in [-0.39, 0.29) is 5.91 Å². The smallest absolute Gasteiger partial charge is 0.408 e. The first-order chi connectivity index (χ1) is 10.8. The van der Waals surface area contributed by atoms with Gasteiger partial charge in [0.1, 0.15) is 11.6 Å². The maximum absolute atomic E-state index is 12.3. The van der Waals surface area contributed by atoms with Gasteiger partial charge in [-0.25, -0.2) is 4.79 Å². The summed E-state index contributed by atoms with van der Waals surface area (Å²) in [5.41, 5.74) is 0.427. The molecule has 0 aliphatic rings. The molecular weight excluding hydrogens is 312 g/mol. The van der Waals surface area contributed by atoms with Crippen LogP contribution in [0.3, 0.4) is 0 Å². The lowest BCUT2D eigenvalue weighted by Crippen LogP contribution is -2.48. The van der Waals surface area contributed by atoms with E-state index in [4.69, 9.17) is 4.74 Å². The Morgan fingerprint density at radius 3 is 2.43 bits per heavy atom. The molecule has 0 aliphatic carbocycles. The number of benzene rings is 1. The molecule has 2 N–H and O–H groups in total. The predicted octanol–water partition coefficient (Wildman–Crippen LogP) is 2.95. The maximum atomic E-state index is 12.3. The van der Waals surface area contributed by atoms with Gasteiger partial charge in [0, 0.05) is 6.54 Å². The van der Waals surface area contributed by atoms with Crippen LogP contribution in [0, 0.1) is 0 Å². The van der Waals surface area contributed by atoms with Crippen molar-refractivity contribution in [1.82, 2.24) is 10.6 Å². The second kappa shape index (κ2) is 9.45. The highest BCUT2D eigenvalue weighted by molar-refractivity contribution is 7.98. The van der Waals surface area contributed by atoms with E-state index in [1.165, 1.54) is 0 Å². The van der Waals surface area contributed by atoms with Crippen molar-refractivity contribution < 1.29 is 14.3 Å².